The number of amides is 1. The summed E-state index contributed by atoms with van der Waals surface area (Å²) in [5.74, 6) is -0.0730. The maximum Gasteiger partial charge on any atom is 0.265 e. The molecule has 0 bridgehead atoms. The molecule has 18 heavy (non-hydrogen) atoms. The van der Waals surface area contributed by atoms with Gasteiger partial charge in [0.15, 0.2) is 0 Å². The van der Waals surface area contributed by atoms with E-state index >= 15 is 0 Å². The first-order valence-corrected chi connectivity index (χ1v) is 6.22. The van der Waals surface area contributed by atoms with E-state index in [0.29, 0.717) is 25.3 Å². The van der Waals surface area contributed by atoms with Crippen molar-refractivity contribution >= 4 is 5.91 Å². The monoisotopic (exact) mass is 249 g/mol. The predicted molar refractivity (Wildman–Crippen MR) is 69.1 cm³/mol. The van der Waals surface area contributed by atoms with Gasteiger partial charge in [0.1, 0.15) is 0 Å². The summed E-state index contributed by atoms with van der Waals surface area (Å²) in [5, 5.41) is 1.89. The third-order valence-electron chi connectivity index (χ3n) is 2.92. The number of nitrogens with one attached hydrogen (secondary N) is 1. The molecule has 5 heteroatoms. The molecule has 0 aliphatic carbocycles. The molecule has 98 valence electrons. The first kappa shape index (κ1) is 13.0. The van der Waals surface area contributed by atoms with E-state index in [9.17, 15) is 4.79 Å². The summed E-state index contributed by atoms with van der Waals surface area (Å²) in [4.78, 5) is 12.0. The number of nitrogens with two attached hydrogens (primary N) is 1. The second kappa shape index (κ2) is 6.49. The van der Waals surface area contributed by atoms with E-state index in [1.165, 1.54) is 0 Å². The van der Waals surface area contributed by atoms with Crippen LogP contribution in [0.4, 0.5) is 0 Å². The van der Waals surface area contributed by atoms with Crippen LogP contribution in [0.1, 0.15) is 15.9 Å². The van der Waals surface area contributed by atoms with Crippen LogP contribution < -0.4 is 11.2 Å². The minimum atomic E-state index is -0.0730. The van der Waals surface area contributed by atoms with E-state index < -0.39 is 0 Å². The van der Waals surface area contributed by atoms with Crippen molar-refractivity contribution in [1.82, 2.24) is 10.4 Å². The van der Waals surface area contributed by atoms with Crippen LogP contribution in [0.15, 0.2) is 24.3 Å². The van der Waals surface area contributed by atoms with Gasteiger partial charge in [-0.1, -0.05) is 12.1 Å². The van der Waals surface area contributed by atoms with E-state index in [-0.39, 0.29) is 5.91 Å². The van der Waals surface area contributed by atoms with Crippen LogP contribution in [-0.4, -0.2) is 43.8 Å². The largest absolute Gasteiger partial charge is 0.379 e. The molecule has 1 saturated heterocycles. The Morgan fingerprint density at radius 2 is 1.94 bits per heavy atom. The summed E-state index contributed by atoms with van der Waals surface area (Å²) in [6.07, 6.45) is 0.839. The number of hydrogen-bond acceptors (Lipinski definition) is 4. The van der Waals surface area contributed by atoms with Gasteiger partial charge in [0.05, 0.1) is 13.2 Å². The lowest BCUT2D eigenvalue weighted by Gasteiger charge is -2.26. The molecule has 1 aromatic rings. The van der Waals surface area contributed by atoms with E-state index in [2.05, 4.69) is 5.43 Å². The van der Waals surface area contributed by atoms with Crippen molar-refractivity contribution in [3.63, 3.8) is 0 Å². The van der Waals surface area contributed by atoms with E-state index in [0.717, 1.165) is 25.1 Å². The summed E-state index contributed by atoms with van der Waals surface area (Å²) in [5.41, 5.74) is 10.2. The van der Waals surface area contributed by atoms with Crippen LogP contribution in [0.5, 0.6) is 0 Å². The van der Waals surface area contributed by atoms with Crippen molar-refractivity contribution in [2.24, 2.45) is 5.73 Å². The molecule has 1 amide bonds. The normalized spacial score (nSPS) is 16.5. The molecule has 0 saturated carbocycles. The molecule has 0 aromatic heterocycles. The van der Waals surface area contributed by atoms with Gasteiger partial charge in [-0.3, -0.25) is 10.2 Å². The highest BCUT2D eigenvalue weighted by atomic mass is 16.5. The third kappa shape index (κ3) is 3.53. The number of hydrazine groups is 1. The lowest BCUT2D eigenvalue weighted by atomic mass is 10.1. The Morgan fingerprint density at radius 3 is 2.56 bits per heavy atom. The Labute approximate surface area is 107 Å². The third-order valence-corrected chi connectivity index (χ3v) is 2.92. The minimum Gasteiger partial charge on any atom is -0.379 e. The summed E-state index contributed by atoms with van der Waals surface area (Å²) in [7, 11) is 0. The molecule has 3 N–H and O–H groups in total. The molecule has 1 fully saturated rings. The Morgan fingerprint density at radius 1 is 1.28 bits per heavy atom. The van der Waals surface area contributed by atoms with Gasteiger partial charge in [-0.05, 0) is 30.7 Å². The van der Waals surface area contributed by atoms with E-state index in [1.54, 1.807) is 0 Å². The van der Waals surface area contributed by atoms with Crippen LogP contribution in [0.25, 0.3) is 0 Å². The fourth-order valence-electron chi connectivity index (χ4n) is 1.87. The number of morpholine rings is 1. The number of hydrogen-bond donors (Lipinski definition) is 2. The standard InChI is InChI=1S/C13H19N3O2/c14-6-5-11-1-3-12(4-2-11)13(17)15-16-7-9-18-10-8-16/h1-4H,5-10,14H2,(H,15,17). The van der Waals surface area contributed by atoms with Gasteiger partial charge in [-0.25, -0.2) is 5.01 Å². The van der Waals surface area contributed by atoms with Crippen LogP contribution in [0.3, 0.4) is 0 Å². The number of carbonyl (C=O) groups excluding carboxylic acids is 1. The second-order valence-electron chi connectivity index (χ2n) is 4.28. The lowest BCUT2D eigenvalue weighted by Crippen LogP contribution is -2.48. The van der Waals surface area contributed by atoms with Gasteiger partial charge in [0, 0.05) is 18.7 Å². The van der Waals surface area contributed by atoms with Crippen molar-refractivity contribution in [1.29, 1.82) is 0 Å². The summed E-state index contributed by atoms with van der Waals surface area (Å²) >= 11 is 0. The quantitative estimate of drug-likeness (QED) is 0.798. The van der Waals surface area contributed by atoms with Gasteiger partial charge in [0.2, 0.25) is 0 Å². The molecular weight excluding hydrogens is 230 g/mol. The SMILES string of the molecule is NCCc1ccc(C(=O)NN2CCOCC2)cc1. The fraction of sp³-hybridized carbons (Fsp3) is 0.462. The van der Waals surface area contributed by atoms with E-state index in [4.69, 9.17) is 10.5 Å². The number of nitrogens with zero attached hydrogens (tertiary/aromatic N) is 1. The average Bonchev–Trinajstić information content (AvgIpc) is 2.41. The first-order chi connectivity index (χ1) is 8.79. The lowest BCUT2D eigenvalue weighted by molar-refractivity contribution is 0.0126. The maximum absolute atomic E-state index is 12.0. The van der Waals surface area contributed by atoms with Gasteiger partial charge in [-0.2, -0.15) is 0 Å². The Kier molecular flexibility index (Phi) is 4.69. The second-order valence-corrected chi connectivity index (χ2v) is 4.28. The van der Waals surface area contributed by atoms with Crippen molar-refractivity contribution in [2.45, 2.75) is 6.42 Å². The van der Waals surface area contributed by atoms with Gasteiger partial charge in [0.25, 0.3) is 5.91 Å². The highest BCUT2D eigenvalue weighted by Gasteiger charge is 2.13. The first-order valence-electron chi connectivity index (χ1n) is 6.22. The van der Waals surface area contributed by atoms with E-state index in [1.807, 2.05) is 29.3 Å². The molecular formula is C13H19N3O2. The molecule has 0 unspecified atom stereocenters. The fourth-order valence-corrected chi connectivity index (χ4v) is 1.87. The highest BCUT2D eigenvalue weighted by Crippen LogP contribution is 2.05. The zero-order chi connectivity index (χ0) is 12.8. The van der Waals surface area contributed by atoms with Crippen LogP contribution >= 0.6 is 0 Å². The smallest absolute Gasteiger partial charge is 0.265 e. The van der Waals surface area contributed by atoms with Crippen molar-refractivity contribution in [3.05, 3.63) is 35.4 Å². The van der Waals surface area contributed by atoms with Crippen LogP contribution in [0, 0.1) is 0 Å². The molecule has 1 aromatic carbocycles. The zero-order valence-corrected chi connectivity index (χ0v) is 10.4. The Hall–Kier alpha value is -1.43. The molecule has 0 atom stereocenters. The molecule has 1 heterocycles. The predicted octanol–water partition coefficient (Wildman–Crippen LogP) is 0.165. The highest BCUT2D eigenvalue weighted by molar-refractivity contribution is 5.93. The number of benzene rings is 1. The summed E-state index contributed by atoms with van der Waals surface area (Å²) in [6.45, 7) is 3.42. The zero-order valence-electron chi connectivity index (χ0n) is 10.4. The average molecular weight is 249 g/mol. The molecule has 2 rings (SSSR count). The van der Waals surface area contributed by atoms with Crippen molar-refractivity contribution in [3.8, 4) is 0 Å². The van der Waals surface area contributed by atoms with Gasteiger partial charge >= 0.3 is 0 Å². The number of carbonyl (C=O) groups is 1. The van der Waals surface area contributed by atoms with Crippen LogP contribution in [-0.2, 0) is 11.2 Å². The number of rotatable bonds is 4. The van der Waals surface area contributed by atoms with Gasteiger partial charge < -0.3 is 10.5 Å². The Balaban J connectivity index is 1.91. The molecule has 0 radical (unpaired) electrons. The molecule has 5 nitrogen and oxygen atoms in total. The van der Waals surface area contributed by atoms with Crippen LogP contribution in [0.2, 0.25) is 0 Å². The molecule has 0 spiro atoms. The maximum atomic E-state index is 12.0. The van der Waals surface area contributed by atoms with Crippen molar-refractivity contribution in [2.75, 3.05) is 32.8 Å². The van der Waals surface area contributed by atoms with Gasteiger partial charge in [-0.15, -0.1) is 0 Å². The summed E-state index contributed by atoms with van der Waals surface area (Å²) < 4.78 is 5.22. The molecule has 1 aliphatic rings. The number of ether oxygens (including phenoxy) is 1. The Bertz CT molecular complexity index is 386. The summed E-state index contributed by atoms with van der Waals surface area (Å²) in [6, 6.07) is 7.56. The topological polar surface area (TPSA) is 67.6 Å². The minimum absolute atomic E-state index is 0.0730. The molecule has 1 aliphatic heterocycles. The van der Waals surface area contributed by atoms with Crippen molar-refractivity contribution < 1.29 is 9.53 Å².